The summed E-state index contributed by atoms with van der Waals surface area (Å²) in [6.45, 7) is 4.70. The van der Waals surface area contributed by atoms with Crippen LogP contribution >= 0.6 is 0 Å². The van der Waals surface area contributed by atoms with E-state index >= 15 is 0 Å². The zero-order valence-electron chi connectivity index (χ0n) is 13.8. The number of hydrogen-bond acceptors (Lipinski definition) is 4. The van der Waals surface area contributed by atoms with Gasteiger partial charge in [-0.2, -0.15) is 0 Å². The summed E-state index contributed by atoms with van der Waals surface area (Å²) in [5.41, 5.74) is -0.352. The molecule has 1 N–H and O–H groups in total. The molecule has 122 valence electrons. The topological polar surface area (TPSA) is 61.9 Å². The van der Waals surface area contributed by atoms with E-state index < -0.39 is 0 Å². The predicted octanol–water partition coefficient (Wildman–Crippen LogP) is 0.329. The molecule has 0 aliphatic carbocycles. The SMILES string of the molecule is CCCC1(C(=O)N(CCOC)CC(=O)N(C)C)CCNC1. The lowest BCUT2D eigenvalue weighted by Gasteiger charge is -2.34. The first kappa shape index (κ1) is 17.9. The number of likely N-dealkylation sites (N-methyl/N-ethyl adjacent to an activating group) is 1. The minimum absolute atomic E-state index is 0.0583. The molecule has 1 aliphatic rings. The fourth-order valence-electron chi connectivity index (χ4n) is 2.82. The molecule has 0 aromatic heterocycles. The van der Waals surface area contributed by atoms with Crippen molar-refractivity contribution in [1.82, 2.24) is 15.1 Å². The molecule has 1 atom stereocenters. The van der Waals surface area contributed by atoms with Gasteiger partial charge in [0.1, 0.15) is 0 Å². The van der Waals surface area contributed by atoms with E-state index in [0.29, 0.717) is 19.7 Å². The number of ether oxygens (including phenoxy) is 1. The Balaban J connectivity index is 2.84. The van der Waals surface area contributed by atoms with Crippen LogP contribution < -0.4 is 5.32 Å². The fraction of sp³-hybridized carbons (Fsp3) is 0.867. The number of carbonyl (C=O) groups excluding carboxylic acids is 2. The molecule has 21 heavy (non-hydrogen) atoms. The zero-order chi connectivity index (χ0) is 15.9. The van der Waals surface area contributed by atoms with Gasteiger partial charge >= 0.3 is 0 Å². The van der Waals surface area contributed by atoms with Crippen molar-refractivity contribution in [3.63, 3.8) is 0 Å². The maximum atomic E-state index is 13.0. The minimum atomic E-state index is -0.352. The van der Waals surface area contributed by atoms with Crippen molar-refractivity contribution in [2.24, 2.45) is 5.41 Å². The Bertz CT molecular complexity index is 352. The van der Waals surface area contributed by atoms with E-state index in [1.54, 1.807) is 26.1 Å². The summed E-state index contributed by atoms with van der Waals surface area (Å²) in [5, 5.41) is 3.29. The molecule has 6 nitrogen and oxygen atoms in total. The van der Waals surface area contributed by atoms with Crippen molar-refractivity contribution in [3.8, 4) is 0 Å². The maximum absolute atomic E-state index is 13.0. The van der Waals surface area contributed by atoms with Crippen molar-refractivity contribution >= 4 is 11.8 Å². The van der Waals surface area contributed by atoms with Gasteiger partial charge in [-0.25, -0.2) is 0 Å². The van der Waals surface area contributed by atoms with Gasteiger partial charge in [-0.05, 0) is 19.4 Å². The Kier molecular flexibility index (Phi) is 7.11. The molecule has 1 rings (SSSR count). The van der Waals surface area contributed by atoms with Crippen LogP contribution in [-0.4, -0.2) is 75.6 Å². The van der Waals surface area contributed by atoms with Crippen molar-refractivity contribution in [2.75, 3.05) is 54.0 Å². The highest BCUT2D eigenvalue weighted by atomic mass is 16.5. The van der Waals surface area contributed by atoms with Gasteiger partial charge in [0.25, 0.3) is 0 Å². The predicted molar refractivity (Wildman–Crippen MR) is 82.0 cm³/mol. The molecule has 0 aromatic carbocycles. The fourth-order valence-corrected chi connectivity index (χ4v) is 2.82. The largest absolute Gasteiger partial charge is 0.383 e. The Morgan fingerprint density at radius 3 is 2.52 bits per heavy atom. The van der Waals surface area contributed by atoms with Crippen molar-refractivity contribution in [1.29, 1.82) is 0 Å². The number of nitrogens with zero attached hydrogens (tertiary/aromatic N) is 2. The molecule has 0 spiro atoms. The van der Waals surface area contributed by atoms with E-state index in [9.17, 15) is 9.59 Å². The molecule has 1 saturated heterocycles. The third-order valence-electron chi connectivity index (χ3n) is 4.10. The van der Waals surface area contributed by atoms with Crippen LogP contribution in [0.15, 0.2) is 0 Å². The standard InChI is InChI=1S/C15H29N3O3/c1-5-6-15(7-8-16-12-15)14(20)18(9-10-21-4)11-13(19)17(2)3/h16H,5-12H2,1-4H3. The summed E-state index contributed by atoms with van der Waals surface area (Å²) < 4.78 is 5.09. The van der Waals surface area contributed by atoms with E-state index in [1.807, 2.05) is 0 Å². The van der Waals surface area contributed by atoms with E-state index in [2.05, 4.69) is 12.2 Å². The molecule has 1 unspecified atom stereocenters. The van der Waals surface area contributed by atoms with Gasteiger partial charge in [0.2, 0.25) is 11.8 Å². The minimum Gasteiger partial charge on any atom is -0.383 e. The Hall–Kier alpha value is -1.14. The lowest BCUT2D eigenvalue weighted by Crippen LogP contribution is -2.49. The van der Waals surface area contributed by atoms with Crippen LogP contribution in [0.1, 0.15) is 26.2 Å². The summed E-state index contributed by atoms with van der Waals surface area (Å²) in [6, 6.07) is 0. The smallest absolute Gasteiger partial charge is 0.241 e. The van der Waals surface area contributed by atoms with Gasteiger partial charge in [0, 0.05) is 34.3 Å². The Morgan fingerprint density at radius 1 is 1.33 bits per heavy atom. The monoisotopic (exact) mass is 299 g/mol. The van der Waals surface area contributed by atoms with Crippen LogP contribution in [0.25, 0.3) is 0 Å². The second-order valence-corrected chi connectivity index (χ2v) is 5.96. The van der Waals surface area contributed by atoms with Gasteiger partial charge in [-0.15, -0.1) is 0 Å². The molecule has 0 saturated carbocycles. The molecular formula is C15H29N3O3. The highest BCUT2D eigenvalue weighted by Crippen LogP contribution is 2.33. The van der Waals surface area contributed by atoms with Gasteiger partial charge in [0.15, 0.2) is 0 Å². The van der Waals surface area contributed by atoms with Gasteiger partial charge in [-0.3, -0.25) is 9.59 Å². The highest BCUT2D eigenvalue weighted by molar-refractivity contribution is 5.88. The summed E-state index contributed by atoms with van der Waals surface area (Å²) >= 11 is 0. The second kappa shape index (κ2) is 8.34. The Labute approximate surface area is 127 Å². The first-order valence-electron chi connectivity index (χ1n) is 7.66. The molecular weight excluding hydrogens is 270 g/mol. The number of hydrogen-bond donors (Lipinski definition) is 1. The number of rotatable bonds is 8. The van der Waals surface area contributed by atoms with Gasteiger partial charge in [-0.1, -0.05) is 13.3 Å². The molecule has 1 fully saturated rings. The van der Waals surface area contributed by atoms with Crippen molar-refractivity contribution < 1.29 is 14.3 Å². The van der Waals surface area contributed by atoms with Gasteiger partial charge < -0.3 is 19.9 Å². The molecule has 0 radical (unpaired) electrons. The lowest BCUT2D eigenvalue weighted by atomic mass is 9.81. The zero-order valence-corrected chi connectivity index (χ0v) is 13.8. The quantitative estimate of drug-likeness (QED) is 0.701. The van der Waals surface area contributed by atoms with Crippen LogP contribution in [0.4, 0.5) is 0 Å². The summed E-state index contributed by atoms with van der Waals surface area (Å²) in [4.78, 5) is 28.1. The Morgan fingerprint density at radius 2 is 2.05 bits per heavy atom. The van der Waals surface area contributed by atoms with Gasteiger partial charge in [0.05, 0.1) is 18.6 Å². The normalized spacial score (nSPS) is 21.3. The number of methoxy groups -OCH3 is 1. The van der Waals surface area contributed by atoms with E-state index in [0.717, 1.165) is 25.8 Å². The summed E-state index contributed by atoms with van der Waals surface area (Å²) in [5.74, 6) is 0.0265. The van der Waals surface area contributed by atoms with Crippen LogP contribution in [0.3, 0.4) is 0 Å². The number of carbonyl (C=O) groups is 2. The van der Waals surface area contributed by atoms with Crippen molar-refractivity contribution in [2.45, 2.75) is 26.2 Å². The maximum Gasteiger partial charge on any atom is 0.241 e. The molecule has 0 aromatic rings. The average Bonchev–Trinajstić information content (AvgIpc) is 2.92. The summed E-state index contributed by atoms with van der Waals surface area (Å²) in [7, 11) is 5.02. The first-order chi connectivity index (χ1) is 9.96. The first-order valence-corrected chi connectivity index (χ1v) is 7.66. The third kappa shape index (κ3) is 4.68. The van der Waals surface area contributed by atoms with Crippen LogP contribution in [0, 0.1) is 5.41 Å². The molecule has 6 heteroatoms. The molecule has 1 aliphatic heterocycles. The summed E-state index contributed by atoms with van der Waals surface area (Å²) in [6.07, 6.45) is 2.67. The molecule has 2 amide bonds. The van der Waals surface area contributed by atoms with E-state index in [1.165, 1.54) is 4.90 Å². The van der Waals surface area contributed by atoms with Crippen LogP contribution in [0.2, 0.25) is 0 Å². The van der Waals surface area contributed by atoms with E-state index in [-0.39, 0.29) is 23.8 Å². The highest BCUT2D eigenvalue weighted by Gasteiger charge is 2.43. The molecule has 0 bridgehead atoms. The van der Waals surface area contributed by atoms with Crippen molar-refractivity contribution in [3.05, 3.63) is 0 Å². The number of amides is 2. The second-order valence-electron chi connectivity index (χ2n) is 5.96. The molecule has 1 heterocycles. The lowest BCUT2D eigenvalue weighted by molar-refractivity contribution is -0.147. The number of nitrogens with one attached hydrogen (secondary N) is 1. The van der Waals surface area contributed by atoms with Crippen LogP contribution in [-0.2, 0) is 14.3 Å². The average molecular weight is 299 g/mol. The third-order valence-corrected chi connectivity index (χ3v) is 4.10. The van der Waals surface area contributed by atoms with Crippen LogP contribution in [0.5, 0.6) is 0 Å². The van der Waals surface area contributed by atoms with E-state index in [4.69, 9.17) is 4.74 Å².